The molecule has 3 rings (SSSR count). The highest BCUT2D eigenvalue weighted by Crippen LogP contribution is 2.38. The minimum Gasteiger partial charge on any atom is -0.461 e. The Bertz CT molecular complexity index is 1240. The van der Waals surface area contributed by atoms with Gasteiger partial charge in [0.1, 0.15) is 23.7 Å². The van der Waals surface area contributed by atoms with E-state index in [9.17, 15) is 28.8 Å². The monoisotopic (exact) mass is 627 g/mol. The van der Waals surface area contributed by atoms with Crippen LogP contribution < -0.4 is 5.32 Å². The van der Waals surface area contributed by atoms with Gasteiger partial charge in [-0.05, 0) is 45.8 Å². The molecule has 10 heteroatoms. The molecule has 45 heavy (non-hydrogen) atoms. The van der Waals surface area contributed by atoms with Gasteiger partial charge in [-0.15, -0.1) is 0 Å². The zero-order chi connectivity index (χ0) is 33.7. The highest BCUT2D eigenvalue weighted by Gasteiger charge is 2.56. The van der Waals surface area contributed by atoms with Gasteiger partial charge in [-0.25, -0.2) is 0 Å². The third kappa shape index (κ3) is 10.9. The molecule has 1 saturated heterocycles. The van der Waals surface area contributed by atoms with Crippen LogP contribution in [-0.4, -0.2) is 59.7 Å². The first kappa shape index (κ1) is 37.4. The lowest BCUT2D eigenvalue weighted by Gasteiger charge is -2.42. The zero-order valence-electron chi connectivity index (χ0n) is 27.7. The van der Waals surface area contributed by atoms with Gasteiger partial charge in [0.2, 0.25) is 5.78 Å². The summed E-state index contributed by atoms with van der Waals surface area (Å²) in [5.74, 6) is -4.62. The average molecular weight is 628 g/mol. The fraction of sp³-hybridized carbons (Fsp3) is 0.600. The summed E-state index contributed by atoms with van der Waals surface area (Å²) in [6.07, 6.45) is 11.9. The molecule has 0 unspecified atom stereocenters. The van der Waals surface area contributed by atoms with Crippen LogP contribution in [0.1, 0.15) is 99.8 Å². The fourth-order valence-electron chi connectivity index (χ4n) is 5.10. The van der Waals surface area contributed by atoms with E-state index in [2.05, 4.69) is 5.32 Å². The van der Waals surface area contributed by atoms with Crippen LogP contribution in [0.3, 0.4) is 0 Å². The maximum absolute atomic E-state index is 14.0. The minimum atomic E-state index is -1.85. The number of esters is 3. The van der Waals surface area contributed by atoms with Crippen LogP contribution in [0.25, 0.3) is 0 Å². The molecule has 1 fully saturated rings. The van der Waals surface area contributed by atoms with Gasteiger partial charge in [0.25, 0.3) is 5.91 Å². The first-order chi connectivity index (χ1) is 21.2. The molecule has 10 nitrogen and oxygen atoms in total. The first-order valence-corrected chi connectivity index (χ1v) is 15.9. The number of Topliss-reactive ketones (excluding diaryl/α,β-unsaturated/α-hetero) is 2. The van der Waals surface area contributed by atoms with E-state index in [-0.39, 0.29) is 25.2 Å². The van der Waals surface area contributed by atoms with Crippen LogP contribution in [0.15, 0.2) is 47.6 Å². The van der Waals surface area contributed by atoms with Gasteiger partial charge in [0.15, 0.2) is 5.78 Å². The molecule has 1 aliphatic carbocycles. The molecule has 0 aromatic heterocycles. The molecule has 3 aliphatic rings. The Morgan fingerprint density at radius 2 is 1.49 bits per heavy atom. The standard InChI is InChI=1S/C35H49NO9/c1-8-10-12-30(38)43-26-17-14-22(3)15-19-27(44-31(39)13-11-9-2)21-28-24(5)32(40)35(7,34(42)45-28)29(20-23(4)16-18-26)36-33(41)25(6)37/h14-16,18-20,24,26-29H,8-13,17,21H2,1-7H3,(H,36,41)/b18-16-,19-15-,22-14-,23-20-/t24-,26+,27-,28-,29-,35+/m1/s1. The quantitative estimate of drug-likeness (QED) is 0.150. The molecule has 2 heterocycles. The number of carbonyl (C=O) groups is 6. The third-order valence-electron chi connectivity index (χ3n) is 8.14. The number of nitrogens with one attached hydrogen (secondary N) is 1. The Morgan fingerprint density at radius 3 is 2.07 bits per heavy atom. The van der Waals surface area contributed by atoms with E-state index in [0.717, 1.165) is 25.3 Å². The molecule has 0 radical (unpaired) electrons. The van der Waals surface area contributed by atoms with Crippen molar-refractivity contribution in [3.05, 3.63) is 47.6 Å². The molecule has 0 spiro atoms. The van der Waals surface area contributed by atoms with Gasteiger partial charge in [-0.2, -0.15) is 0 Å². The lowest BCUT2D eigenvalue weighted by molar-refractivity contribution is -0.182. The van der Waals surface area contributed by atoms with Crippen LogP contribution in [0.5, 0.6) is 0 Å². The number of carbonyl (C=O) groups excluding carboxylic acids is 6. The molecular formula is C35H49NO9. The normalized spacial score (nSPS) is 31.2. The highest BCUT2D eigenvalue weighted by molar-refractivity contribution is 6.35. The molecule has 6 atom stereocenters. The van der Waals surface area contributed by atoms with E-state index in [0.29, 0.717) is 24.8 Å². The summed E-state index contributed by atoms with van der Waals surface area (Å²) in [6.45, 7) is 11.6. The predicted octanol–water partition coefficient (Wildman–Crippen LogP) is 5.20. The minimum absolute atomic E-state index is 0.0505. The number of amides is 1. The van der Waals surface area contributed by atoms with Crippen molar-refractivity contribution >= 4 is 35.4 Å². The summed E-state index contributed by atoms with van der Waals surface area (Å²) in [7, 11) is 0. The molecule has 248 valence electrons. The average Bonchev–Trinajstić information content (AvgIpc) is 2.99. The van der Waals surface area contributed by atoms with Crippen LogP contribution in [0.4, 0.5) is 0 Å². The van der Waals surface area contributed by atoms with E-state index in [1.807, 2.05) is 26.8 Å². The van der Waals surface area contributed by atoms with Gasteiger partial charge < -0.3 is 19.5 Å². The Hall–Kier alpha value is -3.82. The van der Waals surface area contributed by atoms with Gasteiger partial charge in [-0.1, -0.05) is 69.1 Å². The largest absolute Gasteiger partial charge is 0.461 e. The summed E-state index contributed by atoms with van der Waals surface area (Å²) in [4.78, 5) is 77.1. The Labute approximate surface area is 266 Å². The third-order valence-corrected chi connectivity index (χ3v) is 8.14. The number of fused-ring (bicyclic) bond motifs is 10. The second kappa shape index (κ2) is 17.6. The number of unbranched alkanes of at least 4 members (excludes halogenated alkanes) is 2. The van der Waals surface area contributed by atoms with Gasteiger partial charge >= 0.3 is 17.9 Å². The van der Waals surface area contributed by atoms with Crippen molar-refractivity contribution in [3.8, 4) is 0 Å². The number of rotatable bonds is 10. The van der Waals surface area contributed by atoms with E-state index in [1.54, 1.807) is 38.2 Å². The molecule has 2 aliphatic heterocycles. The van der Waals surface area contributed by atoms with Crippen molar-refractivity contribution in [1.29, 1.82) is 0 Å². The summed E-state index contributed by atoms with van der Waals surface area (Å²) < 4.78 is 17.3. The molecule has 0 aromatic rings. The van der Waals surface area contributed by atoms with Gasteiger partial charge in [-0.3, -0.25) is 28.8 Å². The van der Waals surface area contributed by atoms with E-state index >= 15 is 0 Å². The zero-order valence-corrected chi connectivity index (χ0v) is 27.7. The Balaban J connectivity index is 2.63. The van der Waals surface area contributed by atoms with Crippen molar-refractivity contribution in [2.45, 2.75) is 124 Å². The maximum Gasteiger partial charge on any atom is 0.322 e. The van der Waals surface area contributed by atoms with Crippen LogP contribution in [0, 0.1) is 11.3 Å². The summed E-state index contributed by atoms with van der Waals surface area (Å²) in [6, 6.07) is -1.21. The van der Waals surface area contributed by atoms with E-state index in [1.165, 1.54) is 13.0 Å². The predicted molar refractivity (Wildman–Crippen MR) is 169 cm³/mol. The number of hydrogen-bond acceptors (Lipinski definition) is 9. The van der Waals surface area contributed by atoms with Gasteiger partial charge in [0.05, 0.1) is 12.0 Å². The van der Waals surface area contributed by atoms with Crippen molar-refractivity contribution in [2.24, 2.45) is 11.3 Å². The van der Waals surface area contributed by atoms with Crippen molar-refractivity contribution < 1.29 is 43.0 Å². The van der Waals surface area contributed by atoms with Crippen molar-refractivity contribution in [2.75, 3.05) is 0 Å². The topological polar surface area (TPSA) is 142 Å². The molecule has 1 amide bonds. The van der Waals surface area contributed by atoms with Crippen molar-refractivity contribution in [1.82, 2.24) is 5.32 Å². The maximum atomic E-state index is 14.0. The molecule has 0 aromatic carbocycles. The lowest BCUT2D eigenvalue weighted by Crippen LogP contribution is -2.61. The highest BCUT2D eigenvalue weighted by atomic mass is 16.6. The van der Waals surface area contributed by atoms with Gasteiger partial charge in [0, 0.05) is 32.6 Å². The summed E-state index contributed by atoms with van der Waals surface area (Å²) in [5, 5.41) is 2.54. The van der Waals surface area contributed by atoms with Crippen LogP contribution >= 0.6 is 0 Å². The summed E-state index contributed by atoms with van der Waals surface area (Å²) in [5.41, 5.74) is -0.468. The Morgan fingerprint density at radius 1 is 0.933 bits per heavy atom. The number of ether oxygens (including phenoxy) is 3. The van der Waals surface area contributed by atoms with E-state index < -0.39 is 65.1 Å². The molecule has 1 N–H and O–H groups in total. The molecule has 0 saturated carbocycles. The SMILES string of the molecule is CCCCC(=O)O[C@@H]1/C=C\C(C)=C/[C@@H](NC(=O)C(C)=O)[C@]2(C)C(=O)O[C@H](C[C@H](OC(=O)CCCC)/C=C\C(C)=C/C1)[C@@H](C)C2=O. The second-order valence-corrected chi connectivity index (χ2v) is 12.1. The Kier molecular flexibility index (Phi) is 14.6. The summed E-state index contributed by atoms with van der Waals surface area (Å²) >= 11 is 0. The van der Waals surface area contributed by atoms with Crippen molar-refractivity contribution in [3.63, 3.8) is 0 Å². The first-order valence-electron chi connectivity index (χ1n) is 15.9. The molecule has 2 bridgehead atoms. The second-order valence-electron chi connectivity index (χ2n) is 12.1. The van der Waals surface area contributed by atoms with Crippen LogP contribution in [-0.2, 0) is 43.0 Å². The number of hydrogen-bond donors (Lipinski definition) is 1. The smallest absolute Gasteiger partial charge is 0.322 e. The number of ketones is 2. The fourth-order valence-corrected chi connectivity index (χ4v) is 5.10. The molecular weight excluding hydrogens is 578 g/mol. The number of allylic oxidation sites excluding steroid dienone is 4. The van der Waals surface area contributed by atoms with Crippen LogP contribution in [0.2, 0.25) is 0 Å². The van der Waals surface area contributed by atoms with E-state index in [4.69, 9.17) is 14.2 Å². The lowest BCUT2D eigenvalue weighted by atomic mass is 9.69.